The highest BCUT2D eigenvalue weighted by atomic mass is 32.2. The molecule has 0 spiro atoms. The lowest BCUT2D eigenvalue weighted by Crippen LogP contribution is -2.23. The molecule has 0 fully saturated rings. The van der Waals surface area contributed by atoms with Gasteiger partial charge in [0, 0.05) is 26.2 Å². The number of sulfonamides is 1. The summed E-state index contributed by atoms with van der Waals surface area (Å²) in [5.41, 5.74) is 0.296. The van der Waals surface area contributed by atoms with Gasteiger partial charge in [-0.05, 0) is 25.1 Å². The molecule has 0 aromatic heterocycles. The molecule has 0 radical (unpaired) electrons. The average Bonchev–Trinajstić information content (AvgIpc) is 2.53. The number of amides is 1. The van der Waals surface area contributed by atoms with Crippen molar-refractivity contribution >= 4 is 27.6 Å². The molecular formula is C15H22N2O6S. The van der Waals surface area contributed by atoms with Crippen LogP contribution < -0.4 is 10.1 Å². The zero-order chi connectivity index (χ0) is 18.3. The Morgan fingerprint density at radius 1 is 1.21 bits per heavy atom. The summed E-state index contributed by atoms with van der Waals surface area (Å²) in [6.07, 6.45) is -0.0979. The molecule has 0 aliphatic carbocycles. The number of carbonyl (C=O) groups is 2. The summed E-state index contributed by atoms with van der Waals surface area (Å²) in [5, 5.41) is 2.56. The van der Waals surface area contributed by atoms with Gasteiger partial charge >= 0.3 is 5.97 Å². The first-order valence-corrected chi connectivity index (χ1v) is 8.72. The molecule has 1 aromatic rings. The monoisotopic (exact) mass is 358 g/mol. The molecule has 0 aliphatic rings. The van der Waals surface area contributed by atoms with Gasteiger partial charge in [-0.3, -0.25) is 9.59 Å². The molecule has 8 nitrogen and oxygen atoms in total. The van der Waals surface area contributed by atoms with Crippen LogP contribution in [0.15, 0.2) is 23.1 Å². The van der Waals surface area contributed by atoms with E-state index in [4.69, 9.17) is 9.47 Å². The van der Waals surface area contributed by atoms with E-state index in [1.54, 1.807) is 6.92 Å². The smallest absolute Gasteiger partial charge is 0.306 e. The van der Waals surface area contributed by atoms with Crippen molar-refractivity contribution in [3.05, 3.63) is 18.2 Å². The van der Waals surface area contributed by atoms with Gasteiger partial charge < -0.3 is 14.8 Å². The molecule has 0 aliphatic heterocycles. The van der Waals surface area contributed by atoms with Gasteiger partial charge in [0.2, 0.25) is 15.9 Å². The Balaban J connectivity index is 2.91. The topological polar surface area (TPSA) is 102 Å². The number of methoxy groups -OCH3 is 1. The van der Waals surface area contributed by atoms with E-state index in [1.165, 1.54) is 39.4 Å². The fourth-order valence-electron chi connectivity index (χ4n) is 1.82. The third-order valence-corrected chi connectivity index (χ3v) is 4.90. The first kappa shape index (κ1) is 19.9. The maximum atomic E-state index is 12.3. The van der Waals surface area contributed by atoms with Crippen molar-refractivity contribution in [3.8, 4) is 5.75 Å². The number of rotatable bonds is 8. The number of ether oxygens (including phenoxy) is 2. The molecule has 1 aromatic carbocycles. The molecule has 0 heterocycles. The summed E-state index contributed by atoms with van der Waals surface area (Å²) in [4.78, 5) is 23.0. The molecule has 1 N–H and O–H groups in total. The van der Waals surface area contributed by atoms with Crippen LogP contribution in [-0.4, -0.2) is 52.4 Å². The molecular weight excluding hydrogens is 336 g/mol. The maximum Gasteiger partial charge on any atom is 0.306 e. The quantitative estimate of drug-likeness (QED) is 0.701. The minimum Gasteiger partial charge on any atom is -0.495 e. The van der Waals surface area contributed by atoms with Crippen LogP contribution in [0, 0.1) is 0 Å². The van der Waals surface area contributed by atoms with Crippen LogP contribution >= 0.6 is 0 Å². The standard InChI is InChI=1S/C15H22N2O6S/c1-5-23-15(19)9-8-14(18)16-11-6-7-12(22-4)13(10-11)24(20,21)17(2)3/h6-7,10H,5,8-9H2,1-4H3,(H,16,18). The van der Waals surface area contributed by atoms with Crippen LogP contribution in [0.2, 0.25) is 0 Å². The van der Waals surface area contributed by atoms with E-state index < -0.39 is 21.9 Å². The zero-order valence-electron chi connectivity index (χ0n) is 14.2. The van der Waals surface area contributed by atoms with Crippen LogP contribution in [-0.2, 0) is 24.3 Å². The summed E-state index contributed by atoms with van der Waals surface area (Å²) >= 11 is 0. The normalized spacial score (nSPS) is 11.2. The highest BCUT2D eigenvalue weighted by molar-refractivity contribution is 7.89. The molecule has 0 saturated carbocycles. The molecule has 0 saturated heterocycles. The summed E-state index contributed by atoms with van der Waals surface area (Å²) in [6.45, 7) is 1.94. The van der Waals surface area contributed by atoms with E-state index in [0.717, 1.165) is 4.31 Å². The number of benzene rings is 1. The van der Waals surface area contributed by atoms with Gasteiger partial charge in [0.1, 0.15) is 10.6 Å². The predicted octanol–water partition coefficient (Wildman–Crippen LogP) is 1.23. The molecule has 1 rings (SSSR count). The van der Waals surface area contributed by atoms with Crippen molar-refractivity contribution in [1.29, 1.82) is 0 Å². The van der Waals surface area contributed by atoms with Crippen LogP contribution in [0.4, 0.5) is 5.69 Å². The molecule has 1 amide bonds. The Hall–Kier alpha value is -2.13. The highest BCUT2D eigenvalue weighted by Gasteiger charge is 2.23. The van der Waals surface area contributed by atoms with E-state index in [-0.39, 0.29) is 30.1 Å². The predicted molar refractivity (Wildman–Crippen MR) is 88.4 cm³/mol. The van der Waals surface area contributed by atoms with Gasteiger partial charge in [-0.25, -0.2) is 12.7 Å². The van der Waals surface area contributed by atoms with Crippen LogP contribution in [0.1, 0.15) is 19.8 Å². The second-order valence-electron chi connectivity index (χ2n) is 5.01. The molecule has 134 valence electrons. The van der Waals surface area contributed by atoms with Crippen molar-refractivity contribution in [1.82, 2.24) is 4.31 Å². The number of esters is 1. The van der Waals surface area contributed by atoms with Crippen molar-refractivity contribution in [2.75, 3.05) is 33.1 Å². The SMILES string of the molecule is CCOC(=O)CCC(=O)Nc1ccc(OC)c(S(=O)(=O)N(C)C)c1. The van der Waals surface area contributed by atoms with E-state index in [2.05, 4.69) is 5.32 Å². The van der Waals surface area contributed by atoms with Gasteiger partial charge in [0.15, 0.2) is 0 Å². The van der Waals surface area contributed by atoms with Gasteiger partial charge in [0.25, 0.3) is 0 Å². The molecule has 0 bridgehead atoms. The number of nitrogens with one attached hydrogen (secondary N) is 1. The highest BCUT2D eigenvalue weighted by Crippen LogP contribution is 2.28. The fourth-order valence-corrected chi connectivity index (χ4v) is 2.90. The zero-order valence-corrected chi connectivity index (χ0v) is 15.0. The first-order chi connectivity index (χ1) is 11.2. The first-order valence-electron chi connectivity index (χ1n) is 7.28. The minimum atomic E-state index is -3.73. The van der Waals surface area contributed by atoms with Crippen LogP contribution in [0.25, 0.3) is 0 Å². The summed E-state index contributed by atoms with van der Waals surface area (Å²) in [6, 6.07) is 4.30. The Labute approximate surface area is 141 Å². The Morgan fingerprint density at radius 2 is 1.88 bits per heavy atom. The van der Waals surface area contributed by atoms with Gasteiger partial charge in [0.05, 0.1) is 20.1 Å². The Bertz CT molecular complexity index is 700. The number of anilines is 1. The van der Waals surface area contributed by atoms with E-state index in [1.807, 2.05) is 0 Å². The van der Waals surface area contributed by atoms with Crippen molar-refractivity contribution < 1.29 is 27.5 Å². The number of hydrogen-bond donors (Lipinski definition) is 1. The molecule has 0 atom stereocenters. The number of nitrogens with zero attached hydrogens (tertiary/aromatic N) is 1. The van der Waals surface area contributed by atoms with E-state index in [0.29, 0.717) is 5.69 Å². The third kappa shape index (κ3) is 5.20. The van der Waals surface area contributed by atoms with E-state index in [9.17, 15) is 18.0 Å². The maximum absolute atomic E-state index is 12.3. The van der Waals surface area contributed by atoms with Crippen molar-refractivity contribution in [2.45, 2.75) is 24.7 Å². The lowest BCUT2D eigenvalue weighted by Gasteiger charge is -2.16. The summed E-state index contributed by atoms with van der Waals surface area (Å²) in [5.74, 6) is -0.701. The van der Waals surface area contributed by atoms with E-state index >= 15 is 0 Å². The lowest BCUT2D eigenvalue weighted by atomic mass is 10.2. The third-order valence-electron chi connectivity index (χ3n) is 3.07. The molecule has 24 heavy (non-hydrogen) atoms. The van der Waals surface area contributed by atoms with Gasteiger partial charge in [-0.1, -0.05) is 0 Å². The van der Waals surface area contributed by atoms with Gasteiger partial charge in [-0.2, -0.15) is 0 Å². The average molecular weight is 358 g/mol. The van der Waals surface area contributed by atoms with Crippen molar-refractivity contribution in [3.63, 3.8) is 0 Å². The second-order valence-corrected chi connectivity index (χ2v) is 7.13. The number of carbonyl (C=O) groups excluding carboxylic acids is 2. The molecule has 9 heteroatoms. The Morgan fingerprint density at radius 3 is 2.42 bits per heavy atom. The van der Waals surface area contributed by atoms with Crippen LogP contribution in [0.5, 0.6) is 5.75 Å². The lowest BCUT2D eigenvalue weighted by molar-refractivity contribution is -0.144. The second kappa shape index (κ2) is 8.65. The van der Waals surface area contributed by atoms with Gasteiger partial charge in [-0.15, -0.1) is 0 Å². The van der Waals surface area contributed by atoms with Crippen LogP contribution in [0.3, 0.4) is 0 Å². The number of hydrogen-bond acceptors (Lipinski definition) is 6. The van der Waals surface area contributed by atoms with Crippen molar-refractivity contribution in [2.24, 2.45) is 0 Å². The minimum absolute atomic E-state index is 0.0430. The largest absolute Gasteiger partial charge is 0.495 e. The summed E-state index contributed by atoms with van der Waals surface area (Å²) in [7, 11) is 0.439. The molecule has 0 unspecified atom stereocenters. The Kier molecular flexibility index (Phi) is 7.18. The fraction of sp³-hybridized carbons (Fsp3) is 0.467. The summed E-state index contributed by atoms with van der Waals surface area (Å²) < 4.78 is 35.5.